The molecule has 0 atom stereocenters. The number of nitrogens with two attached hydrogens (primary N) is 1. The number of amides is 1. The largest absolute Gasteiger partial charge is 0.448 e. The van der Waals surface area contributed by atoms with Gasteiger partial charge in [0.25, 0.3) is 0 Å². The molecule has 0 saturated carbocycles. The molecule has 0 bridgehead atoms. The van der Waals surface area contributed by atoms with Crippen LogP contribution in [0.1, 0.15) is 11.4 Å². The lowest BCUT2D eigenvalue weighted by Crippen LogP contribution is -2.17. The van der Waals surface area contributed by atoms with Crippen molar-refractivity contribution in [3.8, 4) is 0 Å². The van der Waals surface area contributed by atoms with Crippen molar-refractivity contribution in [1.82, 2.24) is 9.55 Å². The summed E-state index contributed by atoms with van der Waals surface area (Å²) in [6.45, 7) is 0.179. The number of hydrogen-bond acceptors (Lipinski definition) is 3. The molecule has 0 spiro atoms. The SMILES string of the molecule is NC(=O)OCCn1c(CCl)nc2cc(C(F)(F)F)ccc21. The molecular weight excluding hydrogens is 311 g/mol. The van der Waals surface area contributed by atoms with Crippen LogP contribution in [0.3, 0.4) is 0 Å². The molecule has 0 saturated heterocycles. The van der Waals surface area contributed by atoms with E-state index >= 15 is 0 Å². The van der Waals surface area contributed by atoms with Gasteiger partial charge in [-0.1, -0.05) is 0 Å². The Bertz CT molecular complexity index is 670. The van der Waals surface area contributed by atoms with Crippen molar-refractivity contribution in [3.05, 3.63) is 29.6 Å². The number of benzene rings is 1. The number of carbonyl (C=O) groups excluding carboxylic acids is 1. The van der Waals surface area contributed by atoms with E-state index in [2.05, 4.69) is 9.72 Å². The fourth-order valence-corrected chi connectivity index (χ4v) is 2.15. The maximum absolute atomic E-state index is 12.7. The number of hydrogen-bond donors (Lipinski definition) is 1. The highest BCUT2D eigenvalue weighted by atomic mass is 35.5. The molecule has 1 aromatic heterocycles. The van der Waals surface area contributed by atoms with Crippen LogP contribution >= 0.6 is 11.6 Å². The minimum atomic E-state index is -4.44. The summed E-state index contributed by atoms with van der Waals surface area (Å²) in [5.74, 6) is 0.408. The number of nitrogens with zero attached hydrogens (tertiary/aromatic N) is 2. The highest BCUT2D eigenvalue weighted by Gasteiger charge is 2.31. The first-order chi connectivity index (χ1) is 9.82. The summed E-state index contributed by atoms with van der Waals surface area (Å²) in [5.41, 5.74) is 4.72. The third-order valence-electron chi connectivity index (χ3n) is 2.83. The second-order valence-electron chi connectivity index (χ2n) is 4.18. The van der Waals surface area contributed by atoms with Gasteiger partial charge in [0.1, 0.15) is 12.4 Å². The van der Waals surface area contributed by atoms with Gasteiger partial charge in [0.15, 0.2) is 0 Å². The lowest BCUT2D eigenvalue weighted by atomic mass is 10.2. The number of carbonyl (C=O) groups is 1. The van der Waals surface area contributed by atoms with Gasteiger partial charge in [-0.2, -0.15) is 13.2 Å². The van der Waals surface area contributed by atoms with Crippen molar-refractivity contribution in [3.63, 3.8) is 0 Å². The third kappa shape index (κ3) is 3.38. The van der Waals surface area contributed by atoms with E-state index in [9.17, 15) is 18.0 Å². The van der Waals surface area contributed by atoms with Crippen LogP contribution in [0.25, 0.3) is 11.0 Å². The zero-order valence-corrected chi connectivity index (χ0v) is 11.4. The van der Waals surface area contributed by atoms with E-state index in [4.69, 9.17) is 17.3 Å². The minimum absolute atomic E-state index is 0.0204. The summed E-state index contributed by atoms with van der Waals surface area (Å²) in [7, 11) is 0. The van der Waals surface area contributed by atoms with Crippen LogP contribution in [-0.4, -0.2) is 22.3 Å². The highest BCUT2D eigenvalue weighted by molar-refractivity contribution is 6.16. The molecule has 1 amide bonds. The third-order valence-corrected chi connectivity index (χ3v) is 3.07. The molecular formula is C12H11ClF3N3O2. The molecule has 1 aromatic carbocycles. The molecule has 0 aliphatic heterocycles. The maximum atomic E-state index is 12.7. The predicted molar refractivity (Wildman–Crippen MR) is 69.8 cm³/mol. The summed E-state index contributed by atoms with van der Waals surface area (Å²) in [6, 6.07) is 3.23. The molecule has 0 unspecified atom stereocenters. The number of ether oxygens (including phenoxy) is 1. The minimum Gasteiger partial charge on any atom is -0.448 e. The Labute approximate surface area is 122 Å². The average molecular weight is 322 g/mol. The number of aromatic nitrogens is 2. The van der Waals surface area contributed by atoms with Crippen molar-refractivity contribution in [2.24, 2.45) is 5.73 Å². The molecule has 21 heavy (non-hydrogen) atoms. The monoisotopic (exact) mass is 321 g/mol. The van der Waals surface area contributed by atoms with Crippen LogP contribution in [0.4, 0.5) is 18.0 Å². The molecule has 114 valence electrons. The van der Waals surface area contributed by atoms with Crippen LogP contribution in [-0.2, 0) is 23.3 Å². The summed E-state index contributed by atoms with van der Waals surface area (Å²) in [4.78, 5) is 14.6. The first-order valence-electron chi connectivity index (χ1n) is 5.87. The summed E-state index contributed by atoms with van der Waals surface area (Å²) >= 11 is 5.74. The second-order valence-corrected chi connectivity index (χ2v) is 4.45. The summed E-state index contributed by atoms with van der Waals surface area (Å²) < 4.78 is 44.2. The molecule has 2 rings (SSSR count). The summed E-state index contributed by atoms with van der Waals surface area (Å²) in [5, 5.41) is 0. The number of alkyl halides is 4. The molecule has 5 nitrogen and oxygen atoms in total. The van der Waals surface area contributed by atoms with Gasteiger partial charge in [0.05, 0.1) is 29.0 Å². The topological polar surface area (TPSA) is 70.1 Å². The number of imidazole rings is 1. The summed E-state index contributed by atoms with van der Waals surface area (Å²) in [6.07, 6.45) is -5.36. The lowest BCUT2D eigenvalue weighted by Gasteiger charge is -2.08. The normalized spacial score (nSPS) is 11.8. The van der Waals surface area contributed by atoms with Crippen LogP contribution in [0.2, 0.25) is 0 Å². The van der Waals surface area contributed by atoms with E-state index in [0.29, 0.717) is 11.3 Å². The van der Waals surface area contributed by atoms with Crippen molar-refractivity contribution < 1.29 is 22.7 Å². The van der Waals surface area contributed by atoms with E-state index in [-0.39, 0.29) is 24.5 Å². The van der Waals surface area contributed by atoms with Gasteiger partial charge in [-0.05, 0) is 18.2 Å². The van der Waals surface area contributed by atoms with E-state index < -0.39 is 17.8 Å². The Morgan fingerprint density at radius 1 is 1.43 bits per heavy atom. The van der Waals surface area contributed by atoms with E-state index in [1.54, 1.807) is 4.57 Å². The number of rotatable bonds is 4. The van der Waals surface area contributed by atoms with E-state index in [0.717, 1.165) is 12.1 Å². The quantitative estimate of drug-likeness (QED) is 0.880. The van der Waals surface area contributed by atoms with E-state index in [1.165, 1.54) is 6.07 Å². The number of primary amides is 1. The fraction of sp³-hybridized carbons (Fsp3) is 0.333. The van der Waals surface area contributed by atoms with Crippen molar-refractivity contribution in [1.29, 1.82) is 0 Å². The highest BCUT2D eigenvalue weighted by Crippen LogP contribution is 2.31. The maximum Gasteiger partial charge on any atom is 0.416 e. The first kappa shape index (κ1) is 15.4. The first-order valence-corrected chi connectivity index (χ1v) is 6.41. The zero-order chi connectivity index (χ0) is 15.6. The predicted octanol–water partition coefficient (Wildman–Crippen LogP) is 2.89. The Morgan fingerprint density at radius 2 is 2.14 bits per heavy atom. The fourth-order valence-electron chi connectivity index (χ4n) is 1.95. The van der Waals surface area contributed by atoms with Gasteiger partial charge >= 0.3 is 12.3 Å². The molecule has 0 aliphatic carbocycles. The Hall–Kier alpha value is -1.96. The molecule has 2 N–H and O–H groups in total. The standard InChI is InChI=1S/C12H11ClF3N3O2/c13-6-10-18-8-5-7(12(14,15)16)1-2-9(8)19(10)3-4-21-11(17)20/h1-2,5H,3-4,6H2,(H2,17,20). The number of fused-ring (bicyclic) bond motifs is 1. The van der Waals surface area contributed by atoms with Crippen molar-refractivity contribution in [2.45, 2.75) is 18.6 Å². The zero-order valence-electron chi connectivity index (χ0n) is 10.7. The van der Waals surface area contributed by atoms with Crippen LogP contribution < -0.4 is 5.73 Å². The van der Waals surface area contributed by atoms with Crippen LogP contribution in [0, 0.1) is 0 Å². The van der Waals surface area contributed by atoms with Crippen molar-refractivity contribution in [2.75, 3.05) is 6.61 Å². The smallest absolute Gasteiger partial charge is 0.416 e. The Kier molecular flexibility index (Phi) is 4.26. The van der Waals surface area contributed by atoms with Crippen LogP contribution in [0.5, 0.6) is 0 Å². The van der Waals surface area contributed by atoms with Crippen molar-refractivity contribution >= 4 is 28.7 Å². The van der Waals surface area contributed by atoms with Gasteiger partial charge in [0, 0.05) is 0 Å². The molecule has 1 heterocycles. The molecule has 2 aromatic rings. The molecule has 9 heteroatoms. The van der Waals surface area contributed by atoms with Gasteiger partial charge < -0.3 is 15.0 Å². The van der Waals surface area contributed by atoms with Gasteiger partial charge in [0.2, 0.25) is 0 Å². The van der Waals surface area contributed by atoms with Gasteiger partial charge in [-0.25, -0.2) is 9.78 Å². The van der Waals surface area contributed by atoms with E-state index in [1.807, 2.05) is 0 Å². The van der Waals surface area contributed by atoms with Crippen LogP contribution in [0.15, 0.2) is 18.2 Å². The number of halogens is 4. The van der Waals surface area contributed by atoms with Gasteiger partial charge in [-0.15, -0.1) is 11.6 Å². The average Bonchev–Trinajstić information content (AvgIpc) is 2.74. The Balaban J connectivity index is 2.38. The van der Waals surface area contributed by atoms with Gasteiger partial charge in [-0.3, -0.25) is 0 Å². The molecule has 0 radical (unpaired) electrons. The second kappa shape index (κ2) is 5.80. The molecule has 0 fully saturated rings. The molecule has 0 aliphatic rings. The Morgan fingerprint density at radius 3 is 2.71 bits per heavy atom. The lowest BCUT2D eigenvalue weighted by molar-refractivity contribution is -0.137.